The van der Waals surface area contributed by atoms with E-state index in [4.69, 9.17) is 0 Å². The second-order valence-electron chi connectivity index (χ2n) is 8.29. The van der Waals surface area contributed by atoms with Gasteiger partial charge < -0.3 is 10.2 Å². The molecule has 2 heterocycles. The first-order valence-electron chi connectivity index (χ1n) is 10.7. The highest BCUT2D eigenvalue weighted by molar-refractivity contribution is 6.22. The summed E-state index contributed by atoms with van der Waals surface area (Å²) in [7, 11) is 4.01. The number of rotatable bonds is 7. The highest BCUT2D eigenvalue weighted by atomic mass is 16.2. The number of anilines is 1. The van der Waals surface area contributed by atoms with Gasteiger partial charge >= 0.3 is 0 Å². The predicted molar refractivity (Wildman–Crippen MR) is 119 cm³/mol. The second kappa shape index (κ2) is 8.89. The molecule has 1 atom stereocenters. The summed E-state index contributed by atoms with van der Waals surface area (Å²) in [5.41, 5.74) is 2.99. The lowest BCUT2D eigenvalue weighted by Crippen LogP contribution is -2.43. The SMILES string of the molecule is CN(C)c1ccc([C@@H](CNC(=O)CN2C(=O)c3ccccc3C2=O)N2CCCC2)cc1. The van der Waals surface area contributed by atoms with E-state index in [-0.39, 0.29) is 18.5 Å². The van der Waals surface area contributed by atoms with Gasteiger partial charge in [0.15, 0.2) is 0 Å². The van der Waals surface area contributed by atoms with Crippen LogP contribution in [-0.2, 0) is 4.79 Å². The van der Waals surface area contributed by atoms with Gasteiger partial charge in [0.25, 0.3) is 11.8 Å². The lowest BCUT2D eigenvalue weighted by Gasteiger charge is -2.29. The molecule has 2 aromatic carbocycles. The fourth-order valence-electron chi connectivity index (χ4n) is 4.30. The summed E-state index contributed by atoms with van der Waals surface area (Å²) >= 11 is 0. The van der Waals surface area contributed by atoms with Crippen molar-refractivity contribution >= 4 is 23.4 Å². The molecule has 3 amide bonds. The molecule has 1 fully saturated rings. The molecule has 2 aliphatic heterocycles. The molecule has 1 saturated heterocycles. The predicted octanol–water partition coefficient (Wildman–Crippen LogP) is 2.30. The molecule has 0 radical (unpaired) electrons. The van der Waals surface area contributed by atoms with Crippen molar-refractivity contribution in [3.05, 3.63) is 65.2 Å². The van der Waals surface area contributed by atoms with E-state index in [0.717, 1.165) is 42.1 Å². The summed E-state index contributed by atoms with van der Waals surface area (Å²) in [5, 5.41) is 2.95. The van der Waals surface area contributed by atoms with Gasteiger partial charge in [0.05, 0.1) is 17.2 Å². The maximum absolute atomic E-state index is 12.7. The van der Waals surface area contributed by atoms with Crippen LogP contribution < -0.4 is 10.2 Å². The van der Waals surface area contributed by atoms with E-state index in [1.54, 1.807) is 24.3 Å². The van der Waals surface area contributed by atoms with Gasteiger partial charge in [-0.1, -0.05) is 24.3 Å². The second-order valence-corrected chi connectivity index (χ2v) is 8.29. The van der Waals surface area contributed by atoms with Gasteiger partial charge in [-0.25, -0.2) is 0 Å². The van der Waals surface area contributed by atoms with E-state index >= 15 is 0 Å². The number of likely N-dealkylation sites (tertiary alicyclic amines) is 1. The van der Waals surface area contributed by atoms with Crippen LogP contribution in [0.3, 0.4) is 0 Å². The minimum atomic E-state index is -0.411. The molecule has 2 aromatic rings. The van der Waals surface area contributed by atoms with Crippen molar-refractivity contribution < 1.29 is 14.4 Å². The third-order valence-electron chi connectivity index (χ3n) is 6.05. The summed E-state index contributed by atoms with van der Waals surface area (Å²) < 4.78 is 0. The quantitative estimate of drug-likeness (QED) is 0.696. The van der Waals surface area contributed by atoms with Gasteiger partial charge in [0, 0.05) is 26.3 Å². The van der Waals surface area contributed by atoms with Crippen molar-refractivity contribution in [3.8, 4) is 0 Å². The van der Waals surface area contributed by atoms with Crippen LogP contribution in [-0.4, -0.2) is 67.8 Å². The Hall–Kier alpha value is -3.19. The molecule has 7 heteroatoms. The lowest BCUT2D eigenvalue weighted by molar-refractivity contribution is -0.121. The van der Waals surface area contributed by atoms with Crippen LogP contribution in [0.2, 0.25) is 0 Å². The Morgan fingerprint density at radius 2 is 1.55 bits per heavy atom. The van der Waals surface area contributed by atoms with E-state index in [1.165, 1.54) is 0 Å². The number of carbonyl (C=O) groups excluding carboxylic acids is 3. The van der Waals surface area contributed by atoms with Crippen molar-refractivity contribution in [2.75, 3.05) is 45.2 Å². The molecule has 0 aromatic heterocycles. The van der Waals surface area contributed by atoms with Crippen molar-refractivity contribution in [2.45, 2.75) is 18.9 Å². The average Bonchev–Trinajstić information content (AvgIpc) is 3.38. The van der Waals surface area contributed by atoms with Crippen LogP contribution in [0.25, 0.3) is 0 Å². The molecular weight excluding hydrogens is 392 g/mol. The molecule has 0 unspecified atom stereocenters. The number of fused-ring (bicyclic) bond motifs is 1. The molecule has 0 spiro atoms. The van der Waals surface area contributed by atoms with Gasteiger partial charge in [-0.2, -0.15) is 0 Å². The molecule has 0 bridgehead atoms. The number of hydrogen-bond acceptors (Lipinski definition) is 5. The summed E-state index contributed by atoms with van der Waals surface area (Å²) in [4.78, 5) is 43.1. The first-order chi connectivity index (χ1) is 15.0. The van der Waals surface area contributed by atoms with Gasteiger partial charge in [-0.15, -0.1) is 0 Å². The van der Waals surface area contributed by atoms with Crippen LogP contribution in [0, 0.1) is 0 Å². The van der Waals surface area contributed by atoms with E-state index in [0.29, 0.717) is 17.7 Å². The molecule has 31 heavy (non-hydrogen) atoms. The topological polar surface area (TPSA) is 73.0 Å². The fourth-order valence-corrected chi connectivity index (χ4v) is 4.30. The highest BCUT2D eigenvalue weighted by Crippen LogP contribution is 2.26. The minimum absolute atomic E-state index is 0.0600. The number of hydrogen-bond donors (Lipinski definition) is 1. The fraction of sp³-hybridized carbons (Fsp3) is 0.375. The van der Waals surface area contributed by atoms with Crippen molar-refractivity contribution in [2.24, 2.45) is 0 Å². The van der Waals surface area contributed by atoms with Crippen LogP contribution in [0.4, 0.5) is 5.69 Å². The third-order valence-corrected chi connectivity index (χ3v) is 6.05. The van der Waals surface area contributed by atoms with E-state index in [9.17, 15) is 14.4 Å². The number of benzene rings is 2. The van der Waals surface area contributed by atoms with E-state index < -0.39 is 11.8 Å². The van der Waals surface area contributed by atoms with Gasteiger partial charge in [0.2, 0.25) is 5.91 Å². The highest BCUT2D eigenvalue weighted by Gasteiger charge is 2.36. The molecule has 7 nitrogen and oxygen atoms in total. The Morgan fingerprint density at radius 1 is 0.968 bits per heavy atom. The zero-order valence-electron chi connectivity index (χ0n) is 18.0. The summed E-state index contributed by atoms with van der Waals surface area (Å²) in [5.74, 6) is -1.15. The average molecular weight is 421 g/mol. The molecule has 0 saturated carbocycles. The maximum atomic E-state index is 12.7. The smallest absolute Gasteiger partial charge is 0.262 e. The van der Waals surface area contributed by atoms with Crippen molar-refractivity contribution in [3.63, 3.8) is 0 Å². The number of nitrogens with one attached hydrogen (secondary N) is 1. The molecule has 1 N–H and O–H groups in total. The van der Waals surface area contributed by atoms with Crippen molar-refractivity contribution in [1.82, 2.24) is 15.1 Å². The Balaban J connectivity index is 1.42. The Kier molecular flexibility index (Phi) is 6.04. The standard InChI is InChI=1S/C24H28N4O3/c1-26(2)18-11-9-17(10-12-18)21(27-13-5-6-14-27)15-25-22(29)16-28-23(30)19-7-3-4-8-20(19)24(28)31/h3-4,7-12,21H,5-6,13-16H2,1-2H3,(H,25,29)/t21-/m1/s1. The van der Waals surface area contributed by atoms with Gasteiger partial charge in [-0.3, -0.25) is 24.2 Å². The Labute approximate surface area is 182 Å². The monoisotopic (exact) mass is 420 g/mol. The zero-order valence-corrected chi connectivity index (χ0v) is 18.0. The minimum Gasteiger partial charge on any atom is -0.378 e. The largest absolute Gasteiger partial charge is 0.378 e. The summed E-state index contributed by atoms with van der Waals surface area (Å²) in [6.45, 7) is 2.16. The van der Waals surface area contributed by atoms with Gasteiger partial charge in [-0.05, 0) is 55.8 Å². The number of carbonyl (C=O) groups is 3. The van der Waals surface area contributed by atoms with E-state index in [1.807, 2.05) is 14.1 Å². The molecule has 162 valence electrons. The molecule has 4 rings (SSSR count). The van der Waals surface area contributed by atoms with Crippen LogP contribution in [0.1, 0.15) is 45.2 Å². The Bertz CT molecular complexity index is 946. The van der Waals surface area contributed by atoms with Crippen LogP contribution >= 0.6 is 0 Å². The normalized spacial score (nSPS) is 17.0. The number of nitrogens with zero attached hydrogens (tertiary/aromatic N) is 3. The summed E-state index contributed by atoms with van der Waals surface area (Å²) in [6.07, 6.45) is 2.30. The van der Waals surface area contributed by atoms with Crippen molar-refractivity contribution in [1.29, 1.82) is 0 Å². The Morgan fingerprint density at radius 3 is 2.10 bits per heavy atom. The zero-order chi connectivity index (χ0) is 22.0. The number of amides is 3. The molecular formula is C24H28N4O3. The number of imide groups is 1. The first-order valence-corrected chi connectivity index (χ1v) is 10.7. The maximum Gasteiger partial charge on any atom is 0.262 e. The molecule has 2 aliphatic rings. The van der Waals surface area contributed by atoms with Gasteiger partial charge in [0.1, 0.15) is 6.54 Å². The first kappa shape index (κ1) is 21.1. The lowest BCUT2D eigenvalue weighted by atomic mass is 10.0. The summed E-state index contributed by atoms with van der Waals surface area (Å²) in [6, 6.07) is 15.1. The third kappa shape index (κ3) is 4.32. The van der Waals surface area contributed by atoms with Crippen LogP contribution in [0.5, 0.6) is 0 Å². The molecule has 0 aliphatic carbocycles. The van der Waals surface area contributed by atoms with E-state index in [2.05, 4.69) is 39.4 Å². The van der Waals surface area contributed by atoms with Crippen LogP contribution in [0.15, 0.2) is 48.5 Å².